The summed E-state index contributed by atoms with van der Waals surface area (Å²) < 4.78 is 7.58. The van der Waals surface area contributed by atoms with Gasteiger partial charge < -0.3 is 14.3 Å². The maximum atomic E-state index is 12.3. The van der Waals surface area contributed by atoms with Gasteiger partial charge in [-0.15, -0.1) is 0 Å². The number of aromatic nitrogens is 1. The summed E-state index contributed by atoms with van der Waals surface area (Å²) in [6.45, 7) is 11.2. The van der Waals surface area contributed by atoms with Crippen molar-refractivity contribution in [2.24, 2.45) is 0 Å². The first-order chi connectivity index (χ1) is 9.52. The zero-order chi connectivity index (χ0) is 14.7. The first-order valence-electron chi connectivity index (χ1n) is 7.05. The number of rotatable bonds is 6. The summed E-state index contributed by atoms with van der Waals surface area (Å²) in [6.07, 6.45) is 2.05. The van der Waals surface area contributed by atoms with Crippen LogP contribution < -0.4 is 5.32 Å². The highest BCUT2D eigenvalue weighted by molar-refractivity contribution is 5.97. The fraction of sp³-hybridized carbons (Fsp3) is 0.438. The van der Waals surface area contributed by atoms with Crippen molar-refractivity contribution in [2.75, 3.05) is 6.54 Å². The van der Waals surface area contributed by atoms with Crippen LogP contribution in [-0.2, 0) is 6.54 Å². The second kappa shape index (κ2) is 5.99. The fourth-order valence-electron chi connectivity index (χ4n) is 2.26. The van der Waals surface area contributed by atoms with Crippen LogP contribution >= 0.6 is 0 Å². The van der Waals surface area contributed by atoms with Crippen LogP contribution in [0, 0.1) is 6.92 Å². The molecule has 4 nitrogen and oxygen atoms in total. The Hall–Kier alpha value is -1.97. The first kappa shape index (κ1) is 14.4. The number of unbranched alkanes of at least 4 members (excludes halogenated alkanes) is 1. The van der Waals surface area contributed by atoms with Gasteiger partial charge in [-0.25, -0.2) is 0 Å². The van der Waals surface area contributed by atoms with Gasteiger partial charge >= 0.3 is 0 Å². The summed E-state index contributed by atoms with van der Waals surface area (Å²) in [6, 6.07) is 3.77. The minimum atomic E-state index is -0.0521. The van der Waals surface area contributed by atoms with Gasteiger partial charge in [0.2, 0.25) is 0 Å². The molecule has 2 aromatic heterocycles. The lowest BCUT2D eigenvalue weighted by Crippen LogP contribution is -2.26. The van der Waals surface area contributed by atoms with Crippen LogP contribution in [0.2, 0.25) is 0 Å². The van der Waals surface area contributed by atoms with Crippen LogP contribution in [0.25, 0.3) is 11.1 Å². The molecule has 2 aromatic rings. The van der Waals surface area contributed by atoms with Crippen molar-refractivity contribution in [3.05, 3.63) is 35.7 Å². The van der Waals surface area contributed by atoms with Crippen LogP contribution in [0.5, 0.6) is 0 Å². The quantitative estimate of drug-likeness (QED) is 0.645. The van der Waals surface area contributed by atoms with Crippen LogP contribution in [0.1, 0.15) is 42.9 Å². The Morgan fingerprint density at radius 2 is 2.20 bits per heavy atom. The van der Waals surface area contributed by atoms with Gasteiger partial charge in [-0.05, 0) is 20.3 Å². The topological polar surface area (TPSA) is 47.2 Å². The van der Waals surface area contributed by atoms with Crippen LogP contribution in [0.4, 0.5) is 0 Å². The van der Waals surface area contributed by atoms with Gasteiger partial charge in [0.1, 0.15) is 11.5 Å². The molecular formula is C16H22N2O2. The Bertz CT molecular complexity index is 634. The summed E-state index contributed by atoms with van der Waals surface area (Å²) in [5.41, 5.74) is 3.34. The summed E-state index contributed by atoms with van der Waals surface area (Å²) >= 11 is 0. The molecule has 2 rings (SSSR count). The van der Waals surface area contributed by atoms with Gasteiger partial charge in [0.25, 0.3) is 5.91 Å². The number of hydrogen-bond donors (Lipinski definition) is 1. The van der Waals surface area contributed by atoms with Crippen molar-refractivity contribution in [3.8, 4) is 0 Å². The Balaban J connectivity index is 2.33. The molecule has 0 aliphatic rings. The Kier molecular flexibility index (Phi) is 4.32. The van der Waals surface area contributed by atoms with E-state index in [4.69, 9.17) is 4.42 Å². The van der Waals surface area contributed by atoms with E-state index >= 15 is 0 Å². The molecule has 0 unspecified atom stereocenters. The highest BCUT2D eigenvalue weighted by atomic mass is 16.3. The van der Waals surface area contributed by atoms with Gasteiger partial charge in [0.15, 0.2) is 5.58 Å². The van der Waals surface area contributed by atoms with Crippen molar-refractivity contribution < 1.29 is 9.21 Å². The molecule has 1 amide bonds. The Morgan fingerprint density at radius 1 is 1.45 bits per heavy atom. The highest BCUT2D eigenvalue weighted by Gasteiger charge is 2.17. The molecular weight excluding hydrogens is 252 g/mol. The van der Waals surface area contributed by atoms with Gasteiger partial charge in [0.05, 0.1) is 5.52 Å². The molecule has 0 spiro atoms. The van der Waals surface area contributed by atoms with Crippen LogP contribution in [0.3, 0.4) is 0 Å². The maximum Gasteiger partial charge on any atom is 0.268 e. The van der Waals surface area contributed by atoms with E-state index in [1.165, 1.54) is 0 Å². The Morgan fingerprint density at radius 3 is 2.85 bits per heavy atom. The molecule has 20 heavy (non-hydrogen) atoms. The third kappa shape index (κ3) is 2.95. The predicted molar refractivity (Wildman–Crippen MR) is 81.0 cm³/mol. The molecule has 4 heteroatoms. The lowest BCUT2D eigenvalue weighted by atomic mass is 10.3. The molecule has 1 N–H and O–H groups in total. The monoisotopic (exact) mass is 274 g/mol. The highest BCUT2D eigenvalue weighted by Crippen LogP contribution is 2.24. The molecule has 0 atom stereocenters. The molecule has 0 bridgehead atoms. The number of aryl methyl sites for hydroxylation is 1. The largest absolute Gasteiger partial charge is 0.460 e. The number of hydrogen-bond acceptors (Lipinski definition) is 2. The maximum absolute atomic E-state index is 12.3. The van der Waals surface area contributed by atoms with Gasteiger partial charge in [-0.1, -0.05) is 25.5 Å². The van der Waals surface area contributed by atoms with Gasteiger partial charge in [-0.3, -0.25) is 4.79 Å². The van der Waals surface area contributed by atoms with Crippen molar-refractivity contribution >= 4 is 17.0 Å². The number of carbonyl (C=O) groups is 1. The van der Waals surface area contributed by atoms with E-state index < -0.39 is 0 Å². The lowest BCUT2D eigenvalue weighted by Gasteiger charge is -2.10. The van der Waals surface area contributed by atoms with Crippen molar-refractivity contribution in [3.63, 3.8) is 0 Å². The zero-order valence-corrected chi connectivity index (χ0v) is 12.5. The van der Waals surface area contributed by atoms with Crippen molar-refractivity contribution in [1.82, 2.24) is 9.88 Å². The lowest BCUT2D eigenvalue weighted by molar-refractivity contribution is 0.0944. The number of nitrogens with zero attached hydrogens (tertiary/aromatic N) is 1. The first-order valence-corrected chi connectivity index (χ1v) is 7.05. The SMILES string of the molecule is C=C(C)Cn1c(C(=O)NCCCC)cc2oc(C)cc21. The molecule has 0 aliphatic carbocycles. The minimum absolute atomic E-state index is 0.0521. The average molecular weight is 274 g/mol. The number of fused-ring (bicyclic) bond motifs is 1. The fourth-order valence-corrected chi connectivity index (χ4v) is 2.26. The third-order valence-electron chi connectivity index (χ3n) is 3.19. The Labute approximate surface area is 119 Å². The summed E-state index contributed by atoms with van der Waals surface area (Å²) in [7, 11) is 0. The molecule has 0 fully saturated rings. The average Bonchev–Trinajstić information content (AvgIpc) is 2.87. The second-order valence-corrected chi connectivity index (χ2v) is 5.29. The van der Waals surface area contributed by atoms with E-state index in [1.807, 2.05) is 30.5 Å². The number of carbonyl (C=O) groups excluding carboxylic acids is 1. The summed E-state index contributed by atoms with van der Waals surface area (Å²) in [5, 5.41) is 2.95. The van der Waals surface area contributed by atoms with E-state index in [2.05, 4.69) is 18.8 Å². The predicted octanol–water partition coefficient (Wildman–Crippen LogP) is 3.65. The van der Waals surface area contributed by atoms with E-state index in [9.17, 15) is 4.79 Å². The standard InChI is InChI=1S/C16H22N2O2/c1-5-6-7-17-16(19)14-9-15-13(8-12(4)20-15)18(14)10-11(2)3/h8-9H,2,5-7,10H2,1,3-4H3,(H,17,19). The van der Waals surface area contributed by atoms with E-state index in [0.717, 1.165) is 35.3 Å². The summed E-state index contributed by atoms with van der Waals surface area (Å²) in [4.78, 5) is 12.3. The van der Waals surface area contributed by atoms with Gasteiger partial charge in [0, 0.05) is 25.2 Å². The van der Waals surface area contributed by atoms with E-state index in [0.29, 0.717) is 18.8 Å². The number of furan rings is 1. The summed E-state index contributed by atoms with van der Waals surface area (Å²) in [5.74, 6) is 0.798. The van der Waals surface area contributed by atoms with E-state index in [1.54, 1.807) is 0 Å². The number of amides is 1. The van der Waals surface area contributed by atoms with Crippen LogP contribution in [-0.4, -0.2) is 17.0 Å². The molecule has 2 heterocycles. The van der Waals surface area contributed by atoms with E-state index in [-0.39, 0.29) is 5.91 Å². The van der Waals surface area contributed by atoms with Crippen LogP contribution in [0.15, 0.2) is 28.7 Å². The van der Waals surface area contributed by atoms with Crippen molar-refractivity contribution in [2.45, 2.75) is 40.2 Å². The third-order valence-corrected chi connectivity index (χ3v) is 3.19. The molecule has 0 aliphatic heterocycles. The smallest absolute Gasteiger partial charge is 0.268 e. The number of allylic oxidation sites excluding steroid dienone is 1. The molecule has 0 saturated heterocycles. The zero-order valence-electron chi connectivity index (χ0n) is 12.5. The number of nitrogens with one attached hydrogen (secondary N) is 1. The molecule has 108 valence electrons. The normalized spacial score (nSPS) is 10.9. The second-order valence-electron chi connectivity index (χ2n) is 5.29. The molecule has 0 aromatic carbocycles. The molecule has 0 radical (unpaired) electrons. The minimum Gasteiger partial charge on any atom is -0.460 e. The molecule has 0 saturated carbocycles. The van der Waals surface area contributed by atoms with Gasteiger partial charge in [-0.2, -0.15) is 0 Å². The van der Waals surface area contributed by atoms with Crippen molar-refractivity contribution in [1.29, 1.82) is 0 Å².